The van der Waals surface area contributed by atoms with E-state index in [4.69, 9.17) is 32.4 Å². The summed E-state index contributed by atoms with van der Waals surface area (Å²) in [7, 11) is -7.94. The zero-order chi connectivity index (χ0) is 67.9. The van der Waals surface area contributed by atoms with Crippen LogP contribution in [0.3, 0.4) is 0 Å². The molecule has 6 rings (SSSR count). The second-order valence-corrected chi connectivity index (χ2v) is 54.7. The number of aliphatic carboxylic acids is 1. The number of allylic oxidation sites excluding steroid dienone is 8. The van der Waals surface area contributed by atoms with Crippen molar-refractivity contribution in [1.29, 1.82) is 0 Å². The minimum atomic E-state index is -2.01. The van der Waals surface area contributed by atoms with Crippen LogP contribution in [0.25, 0.3) is 0 Å². The number of carboxylic acids is 1. The number of amides is 1. The highest BCUT2D eigenvalue weighted by atomic mass is 28.4. The third-order valence-corrected chi connectivity index (χ3v) is 41.3. The summed E-state index contributed by atoms with van der Waals surface area (Å²) >= 11 is 0. The van der Waals surface area contributed by atoms with Gasteiger partial charge in [-0.1, -0.05) is 178 Å². The fourth-order valence-corrected chi connectivity index (χ4v) is 19.0. The van der Waals surface area contributed by atoms with Crippen LogP contribution in [-0.2, 0) is 36.9 Å². The highest BCUT2D eigenvalue weighted by molar-refractivity contribution is 6.75. The predicted octanol–water partition coefficient (Wildman–Crippen LogP) is 20.9. The first kappa shape index (κ1) is 77.2. The topological polar surface area (TPSA) is 113 Å². The van der Waals surface area contributed by atoms with E-state index in [2.05, 4.69) is 227 Å². The van der Waals surface area contributed by atoms with Gasteiger partial charge in [-0.25, -0.2) is 9.86 Å². The molecule has 0 radical (unpaired) electrons. The lowest BCUT2D eigenvalue weighted by Gasteiger charge is -2.45. The molecular weight excluding hydrogens is 1170 g/mol. The van der Waals surface area contributed by atoms with Crippen molar-refractivity contribution in [2.24, 2.45) is 28.1 Å². The minimum absolute atomic E-state index is 0.00599. The van der Waals surface area contributed by atoms with Gasteiger partial charge >= 0.3 is 5.97 Å². The van der Waals surface area contributed by atoms with Crippen LogP contribution >= 0.6 is 0 Å². The number of rotatable bonds is 18. The van der Waals surface area contributed by atoms with Gasteiger partial charge in [0.1, 0.15) is 12.7 Å². The predicted molar refractivity (Wildman–Crippen MR) is 384 cm³/mol. The van der Waals surface area contributed by atoms with Crippen molar-refractivity contribution in [2.45, 2.75) is 325 Å². The van der Waals surface area contributed by atoms with Crippen molar-refractivity contribution in [3.8, 4) is 0 Å². The van der Waals surface area contributed by atoms with E-state index in [-0.39, 0.29) is 85.5 Å². The molecule has 10 nitrogen and oxygen atoms in total. The fourth-order valence-electron chi connectivity index (χ4n) is 13.7. The molecule has 0 saturated heterocycles. The van der Waals surface area contributed by atoms with Crippen molar-refractivity contribution in [1.82, 2.24) is 5.06 Å². The molecule has 1 amide bonds. The third kappa shape index (κ3) is 18.9. The molecule has 506 valence electrons. The molecule has 2 unspecified atom stereocenters. The van der Waals surface area contributed by atoms with E-state index >= 15 is 0 Å². The molecule has 89 heavy (non-hydrogen) atoms. The average Bonchev–Trinajstić information content (AvgIpc) is 1.72. The van der Waals surface area contributed by atoms with Crippen LogP contribution in [0, 0.1) is 28.1 Å². The molecule has 0 aromatic heterocycles. The number of carboxylic acid groups (broad SMARTS) is 1. The summed E-state index contributed by atoms with van der Waals surface area (Å²) in [5.41, 5.74) is 10.4. The Labute approximate surface area is 549 Å². The smallest absolute Gasteiger partial charge is 0.329 e. The Bertz CT molecular complexity index is 2740. The van der Waals surface area contributed by atoms with Crippen molar-refractivity contribution in [3.63, 3.8) is 0 Å². The highest BCUT2D eigenvalue weighted by Crippen LogP contribution is 2.58. The van der Waals surface area contributed by atoms with Crippen LogP contribution in [0.2, 0.25) is 72.5 Å². The van der Waals surface area contributed by atoms with Crippen LogP contribution in [0.5, 0.6) is 0 Å². The monoisotopic (exact) mass is 1300 g/mol. The molecule has 14 heteroatoms. The number of nitrogens with zero attached hydrogens (tertiary/aromatic N) is 1. The number of hydrogen-bond acceptors (Lipinski definition) is 8. The zero-order valence-electron chi connectivity index (χ0n) is 62.1. The van der Waals surface area contributed by atoms with Crippen LogP contribution in [0.4, 0.5) is 0 Å². The Morgan fingerprint density at radius 1 is 0.596 bits per heavy atom. The van der Waals surface area contributed by atoms with Crippen molar-refractivity contribution in [2.75, 3.05) is 13.2 Å². The molecule has 4 saturated carbocycles. The van der Waals surface area contributed by atoms with Gasteiger partial charge in [-0.15, -0.1) is 0 Å². The molecule has 6 aliphatic carbocycles. The van der Waals surface area contributed by atoms with Gasteiger partial charge in [0, 0.05) is 19.8 Å². The summed E-state index contributed by atoms with van der Waals surface area (Å²) < 4.78 is 33.9. The van der Waals surface area contributed by atoms with E-state index in [0.29, 0.717) is 18.4 Å². The van der Waals surface area contributed by atoms with Crippen LogP contribution < -0.4 is 0 Å². The molecule has 0 spiro atoms. The standard InChI is InChI=1S/C40H71NO4Si2.C35H60O5Si2/c1-28-32(25-33(44-46(14,15)38(7,8)9)26-36(28)45-47(16,17)39(10,11)12)21-20-31-19-18-24-40(13)34(22-23-35(31)40)29(2)43-41(30(3)42)27-37(4,5)6;1-24-27(17-16-26-15-14-20-35(9)29(18-19-30(26)35)25(2)38-23-32(36)37)21-28(39-41(10,11)33(3,4)5)22-31(24)40-42(12,13)34(6,7)8/h20-22,29,33,35-36H,1,18-19,23-27H2,2-17H3;16-18,25,28,30-31H,1,14-15,19-23H2,2-13H3,(H,36,37)/t29-,33+,35?,36-,40+;25-,28+,30?,31-,35+/m00/s1. The molecule has 0 aliphatic heterocycles. The summed E-state index contributed by atoms with van der Waals surface area (Å²) in [5.74, 6) is -0.0953. The van der Waals surface area contributed by atoms with Gasteiger partial charge < -0.3 is 27.5 Å². The molecule has 0 aromatic carbocycles. The van der Waals surface area contributed by atoms with E-state index in [1.165, 1.54) is 33.4 Å². The Hall–Kier alpha value is -2.51. The Morgan fingerprint density at radius 3 is 1.27 bits per heavy atom. The SMILES string of the molecule is C=C1C(=CC=C2CCC[C@]3(C)C([C@H](C)OCC(=O)O)=CCC23)C[C@@H](O[Si](C)(C)C(C)(C)C)C[C@@H]1O[Si](C)(C)C(C)(C)C.C=C1C(=CC=C2CCC[C@]3(C)C([C@H](C)ON(CC(C)(C)C)C(C)=O)=CCC23)C[C@@H](O[Si](C)(C)C(C)(C)C)C[C@@H]1O[Si](C)(C)C(C)(C)C. The average molecular weight is 1300 g/mol. The first-order valence-corrected chi connectivity index (χ1v) is 46.0. The second-order valence-electron chi connectivity index (χ2n) is 35.7. The molecule has 0 bridgehead atoms. The molecule has 6 aliphatic rings. The summed E-state index contributed by atoms with van der Waals surface area (Å²) in [6.45, 7) is 73.0. The normalized spacial score (nSPS) is 29.6. The summed E-state index contributed by atoms with van der Waals surface area (Å²) in [6, 6.07) is 0. The van der Waals surface area contributed by atoms with E-state index < -0.39 is 39.2 Å². The van der Waals surface area contributed by atoms with Gasteiger partial charge in [0.2, 0.25) is 5.91 Å². The van der Waals surface area contributed by atoms with Crippen molar-refractivity contribution >= 4 is 45.1 Å². The van der Waals surface area contributed by atoms with E-state index in [1.54, 1.807) is 12.0 Å². The summed E-state index contributed by atoms with van der Waals surface area (Å²) in [5, 5.41) is 11.2. The second kappa shape index (κ2) is 28.4. The first-order valence-electron chi connectivity index (χ1n) is 34.4. The van der Waals surface area contributed by atoms with Gasteiger partial charge in [-0.05, 0) is 212 Å². The minimum Gasteiger partial charge on any atom is -0.480 e. The maximum absolute atomic E-state index is 12.5. The number of carbonyl (C=O) groups excluding carboxylic acids is 1. The molecule has 0 heterocycles. The van der Waals surface area contributed by atoms with Gasteiger partial charge in [-0.2, -0.15) is 0 Å². The first-order chi connectivity index (χ1) is 40.3. The maximum Gasteiger partial charge on any atom is 0.329 e. The van der Waals surface area contributed by atoms with Crippen LogP contribution in [0.1, 0.15) is 216 Å². The Morgan fingerprint density at radius 2 is 0.944 bits per heavy atom. The lowest BCUT2D eigenvalue weighted by Crippen LogP contribution is -2.49. The van der Waals surface area contributed by atoms with Crippen LogP contribution in [-0.4, -0.2) is 105 Å². The molecule has 10 atom stereocenters. The zero-order valence-corrected chi connectivity index (χ0v) is 66.1. The van der Waals surface area contributed by atoms with E-state index in [9.17, 15) is 9.59 Å². The number of carbonyl (C=O) groups is 2. The maximum atomic E-state index is 12.5. The Kier molecular flexibility index (Phi) is 24.7. The number of fused-ring (bicyclic) bond motifs is 2. The molecule has 0 aromatic rings. The highest BCUT2D eigenvalue weighted by Gasteiger charge is 2.51. The van der Waals surface area contributed by atoms with Crippen molar-refractivity contribution < 1.29 is 42.0 Å². The largest absolute Gasteiger partial charge is 0.480 e. The van der Waals surface area contributed by atoms with Gasteiger partial charge in [-0.3, -0.25) is 9.63 Å². The summed E-state index contributed by atoms with van der Waals surface area (Å²) in [6.07, 6.45) is 26.3. The molecule has 1 N–H and O–H groups in total. The fraction of sp³-hybridized carbons (Fsp3) is 0.760. The lowest BCUT2D eigenvalue weighted by molar-refractivity contribution is -0.204. The van der Waals surface area contributed by atoms with E-state index in [0.717, 1.165) is 88.2 Å². The lowest BCUT2D eigenvalue weighted by atomic mass is 9.63. The van der Waals surface area contributed by atoms with Crippen molar-refractivity contribution in [3.05, 3.63) is 94.2 Å². The number of hydrogen-bond donors (Lipinski definition) is 1. The Balaban J connectivity index is 0.000000326. The number of ether oxygens (including phenoxy) is 1. The van der Waals surface area contributed by atoms with Gasteiger partial charge in [0.05, 0.1) is 37.1 Å². The van der Waals surface area contributed by atoms with Crippen LogP contribution in [0.15, 0.2) is 94.2 Å². The molecular formula is C75H131NO9Si4. The quantitative estimate of drug-likeness (QED) is 0.0814. The van der Waals surface area contributed by atoms with E-state index in [1.807, 2.05) is 6.92 Å². The third-order valence-electron chi connectivity index (χ3n) is 23.3. The van der Waals surface area contributed by atoms with Gasteiger partial charge in [0.25, 0.3) is 0 Å². The summed E-state index contributed by atoms with van der Waals surface area (Å²) in [4.78, 5) is 30.0. The van der Waals surface area contributed by atoms with Gasteiger partial charge in [0.15, 0.2) is 33.3 Å². The molecule has 4 fully saturated rings. The number of hydroxylamine groups is 2.